The van der Waals surface area contributed by atoms with Crippen molar-refractivity contribution >= 4 is 17.6 Å². The van der Waals surface area contributed by atoms with E-state index in [9.17, 15) is 14.7 Å². The highest BCUT2D eigenvalue weighted by molar-refractivity contribution is 5.97. The van der Waals surface area contributed by atoms with Crippen molar-refractivity contribution in [3.05, 3.63) is 29.8 Å². The summed E-state index contributed by atoms with van der Waals surface area (Å²) in [6.07, 6.45) is 0.555. The van der Waals surface area contributed by atoms with E-state index < -0.39 is 17.0 Å². The van der Waals surface area contributed by atoms with E-state index in [1.54, 1.807) is 45.0 Å². The van der Waals surface area contributed by atoms with Crippen LogP contribution in [0.1, 0.15) is 39.7 Å². The van der Waals surface area contributed by atoms with E-state index in [0.717, 1.165) is 0 Å². The van der Waals surface area contributed by atoms with Crippen LogP contribution in [0.2, 0.25) is 0 Å². The summed E-state index contributed by atoms with van der Waals surface area (Å²) in [5, 5.41) is 12.0. The molecule has 0 saturated heterocycles. The lowest BCUT2D eigenvalue weighted by Crippen LogP contribution is -2.41. The number of ether oxygens (including phenoxy) is 1. The van der Waals surface area contributed by atoms with Crippen LogP contribution in [0, 0.1) is 0 Å². The van der Waals surface area contributed by atoms with E-state index in [2.05, 4.69) is 5.32 Å². The van der Waals surface area contributed by atoms with Gasteiger partial charge in [-0.1, -0.05) is 19.1 Å². The second-order valence-electron chi connectivity index (χ2n) is 5.75. The fourth-order valence-corrected chi connectivity index (χ4v) is 1.75. The molecule has 1 atom stereocenters. The van der Waals surface area contributed by atoms with Crippen LogP contribution in [0.3, 0.4) is 0 Å². The Morgan fingerprint density at radius 2 is 1.71 bits per heavy atom. The van der Waals surface area contributed by atoms with Gasteiger partial charge in [0, 0.05) is 12.8 Å². The summed E-state index contributed by atoms with van der Waals surface area (Å²) in [6.45, 7) is 6.88. The molecule has 116 valence electrons. The molecule has 0 aromatic heterocycles. The van der Waals surface area contributed by atoms with E-state index >= 15 is 0 Å². The van der Waals surface area contributed by atoms with Gasteiger partial charge in [-0.3, -0.25) is 9.59 Å². The fraction of sp³-hybridized carbons (Fsp3) is 0.500. The molecule has 1 aromatic rings. The summed E-state index contributed by atoms with van der Waals surface area (Å²) >= 11 is 0. The molecule has 1 rings (SSSR count). The SMILES string of the molecule is CCC(C)(OC)C(=O)Nc1ccc(C(C)(C)C(=O)O)cc1. The van der Waals surface area contributed by atoms with Crippen LogP contribution >= 0.6 is 0 Å². The van der Waals surface area contributed by atoms with Crippen LogP contribution in [0.4, 0.5) is 5.69 Å². The van der Waals surface area contributed by atoms with Gasteiger partial charge < -0.3 is 15.2 Å². The first kappa shape index (κ1) is 17.2. The van der Waals surface area contributed by atoms with Gasteiger partial charge in [0.05, 0.1) is 5.41 Å². The molecule has 1 amide bonds. The number of aliphatic carboxylic acids is 1. The van der Waals surface area contributed by atoms with Gasteiger partial charge in [0.15, 0.2) is 0 Å². The molecule has 0 heterocycles. The molecule has 0 aliphatic heterocycles. The molecule has 5 nitrogen and oxygen atoms in total. The van der Waals surface area contributed by atoms with Crippen molar-refractivity contribution in [1.29, 1.82) is 0 Å². The summed E-state index contributed by atoms with van der Waals surface area (Å²) in [5.74, 6) is -1.12. The standard InChI is InChI=1S/C16H23NO4/c1-6-16(4,21-5)13(18)17-12-9-7-11(8-10-12)15(2,3)14(19)20/h7-10H,6H2,1-5H3,(H,17,18)(H,19,20). The zero-order valence-electron chi connectivity index (χ0n) is 13.2. The normalized spacial score (nSPS) is 14.3. The molecule has 0 bridgehead atoms. The highest BCUT2D eigenvalue weighted by Crippen LogP contribution is 2.25. The summed E-state index contributed by atoms with van der Waals surface area (Å²) in [6, 6.07) is 6.81. The summed E-state index contributed by atoms with van der Waals surface area (Å²) in [5.41, 5.74) is -0.550. The molecule has 0 aliphatic rings. The van der Waals surface area contributed by atoms with Gasteiger partial charge >= 0.3 is 5.97 Å². The predicted octanol–water partition coefficient (Wildman–Crippen LogP) is 2.80. The fourth-order valence-electron chi connectivity index (χ4n) is 1.75. The maximum Gasteiger partial charge on any atom is 0.313 e. The quantitative estimate of drug-likeness (QED) is 0.845. The molecule has 1 aromatic carbocycles. The first-order valence-corrected chi connectivity index (χ1v) is 6.88. The van der Waals surface area contributed by atoms with Crippen LogP contribution in [-0.2, 0) is 19.7 Å². The van der Waals surface area contributed by atoms with E-state index in [4.69, 9.17) is 4.74 Å². The third-order valence-corrected chi connectivity index (χ3v) is 4.00. The number of carboxylic acids is 1. The first-order chi connectivity index (χ1) is 9.67. The van der Waals surface area contributed by atoms with E-state index in [1.165, 1.54) is 7.11 Å². The molecular formula is C16H23NO4. The number of amides is 1. The topological polar surface area (TPSA) is 75.6 Å². The Bertz CT molecular complexity index is 516. The maximum absolute atomic E-state index is 12.2. The molecule has 2 N–H and O–H groups in total. The number of hydrogen-bond acceptors (Lipinski definition) is 3. The average molecular weight is 293 g/mol. The molecule has 5 heteroatoms. The number of carboxylic acid groups (broad SMARTS) is 1. The van der Waals surface area contributed by atoms with Crippen molar-refractivity contribution < 1.29 is 19.4 Å². The summed E-state index contributed by atoms with van der Waals surface area (Å²) in [7, 11) is 1.50. The predicted molar refractivity (Wildman–Crippen MR) is 81.4 cm³/mol. The third kappa shape index (κ3) is 3.61. The van der Waals surface area contributed by atoms with Gasteiger partial charge in [-0.25, -0.2) is 0 Å². The number of hydrogen-bond donors (Lipinski definition) is 2. The Labute approximate surface area is 125 Å². The Kier molecular flexibility index (Phi) is 5.12. The number of rotatable bonds is 6. The van der Waals surface area contributed by atoms with Gasteiger partial charge in [-0.15, -0.1) is 0 Å². The van der Waals surface area contributed by atoms with Crippen LogP contribution < -0.4 is 5.32 Å². The van der Waals surface area contributed by atoms with Crippen molar-refractivity contribution in [1.82, 2.24) is 0 Å². The monoisotopic (exact) mass is 293 g/mol. The molecule has 1 unspecified atom stereocenters. The Hall–Kier alpha value is -1.88. The van der Waals surface area contributed by atoms with Crippen molar-refractivity contribution in [3.63, 3.8) is 0 Å². The van der Waals surface area contributed by atoms with Crippen molar-refractivity contribution in [3.8, 4) is 0 Å². The highest BCUT2D eigenvalue weighted by atomic mass is 16.5. The van der Waals surface area contributed by atoms with E-state index in [0.29, 0.717) is 17.7 Å². The average Bonchev–Trinajstić information content (AvgIpc) is 2.46. The third-order valence-electron chi connectivity index (χ3n) is 4.00. The van der Waals surface area contributed by atoms with Gasteiger partial charge in [-0.2, -0.15) is 0 Å². The number of nitrogens with one attached hydrogen (secondary N) is 1. The maximum atomic E-state index is 12.2. The smallest absolute Gasteiger partial charge is 0.313 e. The number of carbonyl (C=O) groups excluding carboxylic acids is 1. The van der Waals surface area contributed by atoms with Gasteiger partial charge in [0.2, 0.25) is 0 Å². The Morgan fingerprint density at radius 3 is 2.10 bits per heavy atom. The van der Waals surface area contributed by atoms with Gasteiger partial charge in [-0.05, 0) is 44.9 Å². The lowest BCUT2D eigenvalue weighted by molar-refractivity contribution is -0.142. The molecule has 0 saturated carbocycles. The number of anilines is 1. The first-order valence-electron chi connectivity index (χ1n) is 6.88. The Morgan fingerprint density at radius 1 is 1.19 bits per heavy atom. The lowest BCUT2D eigenvalue weighted by atomic mass is 9.85. The van der Waals surface area contributed by atoms with Crippen LogP contribution in [0.15, 0.2) is 24.3 Å². The van der Waals surface area contributed by atoms with Crippen molar-refractivity contribution in [2.24, 2.45) is 0 Å². The van der Waals surface area contributed by atoms with E-state index in [1.807, 2.05) is 6.92 Å². The highest BCUT2D eigenvalue weighted by Gasteiger charge is 2.32. The van der Waals surface area contributed by atoms with Crippen LogP contribution in [-0.4, -0.2) is 29.7 Å². The largest absolute Gasteiger partial charge is 0.481 e. The zero-order chi connectivity index (χ0) is 16.3. The van der Waals surface area contributed by atoms with Crippen molar-refractivity contribution in [2.45, 2.75) is 45.1 Å². The molecule has 0 spiro atoms. The van der Waals surface area contributed by atoms with Gasteiger partial charge in [0.1, 0.15) is 5.60 Å². The second-order valence-corrected chi connectivity index (χ2v) is 5.75. The number of methoxy groups -OCH3 is 1. The number of benzene rings is 1. The van der Waals surface area contributed by atoms with Crippen molar-refractivity contribution in [2.75, 3.05) is 12.4 Å². The summed E-state index contributed by atoms with van der Waals surface area (Å²) < 4.78 is 5.24. The van der Waals surface area contributed by atoms with Crippen LogP contribution in [0.25, 0.3) is 0 Å². The lowest BCUT2D eigenvalue weighted by Gasteiger charge is -2.25. The zero-order valence-corrected chi connectivity index (χ0v) is 13.2. The van der Waals surface area contributed by atoms with E-state index in [-0.39, 0.29) is 5.91 Å². The summed E-state index contributed by atoms with van der Waals surface area (Å²) in [4.78, 5) is 23.4. The molecule has 0 radical (unpaired) electrons. The molecular weight excluding hydrogens is 270 g/mol. The van der Waals surface area contributed by atoms with Crippen LogP contribution in [0.5, 0.6) is 0 Å². The van der Waals surface area contributed by atoms with Gasteiger partial charge in [0.25, 0.3) is 5.91 Å². The minimum atomic E-state index is -0.965. The minimum absolute atomic E-state index is 0.224. The molecule has 0 aliphatic carbocycles. The second kappa shape index (κ2) is 6.26. The molecule has 0 fully saturated rings. The Balaban J connectivity index is 2.90. The number of carbonyl (C=O) groups is 2. The minimum Gasteiger partial charge on any atom is -0.481 e. The molecule has 21 heavy (non-hydrogen) atoms.